The molecule has 17 heavy (non-hydrogen) atoms. The fraction of sp³-hybridized carbons (Fsp3) is 0.111. The number of carbonyl (C=O) groups is 1. The summed E-state index contributed by atoms with van der Waals surface area (Å²) >= 11 is 0. The Morgan fingerprint density at radius 2 is 2.12 bits per heavy atom. The summed E-state index contributed by atoms with van der Waals surface area (Å²) in [6.07, 6.45) is 0.751. The molecule has 1 rings (SSSR count). The van der Waals surface area contributed by atoms with Crippen molar-refractivity contribution in [2.45, 2.75) is 0 Å². The Bertz CT molecular complexity index is 477. The summed E-state index contributed by atoms with van der Waals surface area (Å²) in [5, 5.41) is 3.22. The highest BCUT2D eigenvalue weighted by molar-refractivity contribution is 5.85. The zero-order valence-electron chi connectivity index (χ0n) is 8.63. The van der Waals surface area contributed by atoms with Gasteiger partial charge in [-0.2, -0.15) is 5.10 Å². The minimum atomic E-state index is -1.66. The van der Waals surface area contributed by atoms with Gasteiger partial charge in [0.25, 0.3) is 0 Å². The highest BCUT2D eigenvalue weighted by Crippen LogP contribution is 2.24. The molecule has 0 spiro atoms. The molecule has 0 bridgehead atoms. The van der Waals surface area contributed by atoms with Gasteiger partial charge >= 0.3 is 6.03 Å². The molecular formula is C9H8F3N3O2. The monoisotopic (exact) mass is 247 g/mol. The predicted molar refractivity (Wildman–Crippen MR) is 53.2 cm³/mol. The van der Waals surface area contributed by atoms with Crippen molar-refractivity contribution in [2.75, 3.05) is 7.11 Å². The number of hydrogen-bond acceptors (Lipinski definition) is 3. The number of methoxy groups -OCH3 is 1. The van der Waals surface area contributed by atoms with Gasteiger partial charge in [0.2, 0.25) is 0 Å². The molecule has 0 aromatic heterocycles. The maximum atomic E-state index is 13.3. The number of carbonyl (C=O) groups excluding carboxylic acids is 1. The third-order valence-corrected chi connectivity index (χ3v) is 1.75. The molecule has 0 aliphatic heterocycles. The molecule has 5 nitrogen and oxygen atoms in total. The van der Waals surface area contributed by atoms with Gasteiger partial charge in [-0.3, -0.25) is 0 Å². The molecule has 0 radical (unpaired) electrons. The van der Waals surface area contributed by atoms with Crippen molar-refractivity contribution in [3.8, 4) is 5.75 Å². The van der Waals surface area contributed by atoms with Crippen molar-refractivity contribution in [3.63, 3.8) is 0 Å². The van der Waals surface area contributed by atoms with Crippen LogP contribution in [0.5, 0.6) is 5.75 Å². The second kappa shape index (κ2) is 5.19. The zero-order chi connectivity index (χ0) is 13.0. The van der Waals surface area contributed by atoms with E-state index in [1.165, 1.54) is 0 Å². The van der Waals surface area contributed by atoms with Crippen LogP contribution in [0.25, 0.3) is 0 Å². The van der Waals surface area contributed by atoms with Gasteiger partial charge in [-0.1, -0.05) is 0 Å². The molecule has 1 aromatic rings. The van der Waals surface area contributed by atoms with Crippen LogP contribution in [0, 0.1) is 17.5 Å². The van der Waals surface area contributed by atoms with Crippen LogP contribution in [0.4, 0.5) is 18.0 Å². The number of urea groups is 1. The number of rotatable bonds is 3. The van der Waals surface area contributed by atoms with E-state index in [2.05, 4.69) is 9.84 Å². The second-order valence-electron chi connectivity index (χ2n) is 2.84. The first-order valence-corrected chi connectivity index (χ1v) is 4.27. The van der Waals surface area contributed by atoms with E-state index in [1.54, 1.807) is 5.43 Å². The number of hydrazone groups is 1. The minimum Gasteiger partial charge on any atom is -0.496 e. The SMILES string of the molecule is COc1cc(F)c(F)c(F)c1C=NNC(N)=O. The Hall–Kier alpha value is -2.25. The van der Waals surface area contributed by atoms with Gasteiger partial charge in [0.15, 0.2) is 17.5 Å². The number of nitrogens with two attached hydrogens (primary N) is 1. The van der Waals surface area contributed by atoms with Crippen LogP contribution in [-0.2, 0) is 0 Å². The molecule has 2 amide bonds. The number of hydrogen-bond donors (Lipinski definition) is 2. The maximum Gasteiger partial charge on any atom is 0.332 e. The van der Waals surface area contributed by atoms with Crippen LogP contribution in [-0.4, -0.2) is 19.4 Å². The predicted octanol–water partition coefficient (Wildman–Crippen LogP) is 1.11. The lowest BCUT2D eigenvalue weighted by atomic mass is 10.2. The molecule has 8 heteroatoms. The Morgan fingerprint density at radius 1 is 1.47 bits per heavy atom. The van der Waals surface area contributed by atoms with Gasteiger partial charge in [0.1, 0.15) is 5.75 Å². The highest BCUT2D eigenvalue weighted by atomic mass is 19.2. The fourth-order valence-corrected chi connectivity index (χ4v) is 1.04. The molecule has 0 heterocycles. The lowest BCUT2D eigenvalue weighted by Crippen LogP contribution is -2.24. The first kappa shape index (κ1) is 12.8. The lowest BCUT2D eigenvalue weighted by molar-refractivity contribution is 0.249. The molecule has 0 atom stereocenters. The first-order chi connectivity index (χ1) is 7.97. The average molecular weight is 247 g/mol. The minimum absolute atomic E-state index is 0.267. The van der Waals surface area contributed by atoms with Crippen LogP contribution in [0.1, 0.15) is 5.56 Å². The average Bonchev–Trinajstić information content (AvgIpc) is 2.28. The number of ether oxygens (including phenoxy) is 1. The summed E-state index contributed by atoms with van der Waals surface area (Å²) in [5.41, 5.74) is 6.03. The third kappa shape index (κ3) is 2.86. The van der Waals surface area contributed by atoms with Crippen LogP contribution < -0.4 is 15.9 Å². The molecular weight excluding hydrogens is 239 g/mol. The third-order valence-electron chi connectivity index (χ3n) is 1.75. The smallest absolute Gasteiger partial charge is 0.332 e. The standard InChI is InChI=1S/C9H8F3N3O2/c1-17-6-2-5(10)8(12)7(11)4(6)3-14-15-9(13)16/h2-3H,1H3,(H3,13,15,16). The maximum absolute atomic E-state index is 13.3. The van der Waals surface area contributed by atoms with Crippen molar-refractivity contribution in [3.05, 3.63) is 29.1 Å². The molecule has 1 aromatic carbocycles. The van der Waals surface area contributed by atoms with E-state index < -0.39 is 29.0 Å². The molecule has 0 aliphatic rings. The number of benzene rings is 1. The van der Waals surface area contributed by atoms with Crippen LogP contribution >= 0.6 is 0 Å². The zero-order valence-corrected chi connectivity index (χ0v) is 8.63. The van der Waals surface area contributed by atoms with Crippen molar-refractivity contribution in [1.82, 2.24) is 5.43 Å². The van der Waals surface area contributed by atoms with Crippen molar-refractivity contribution in [2.24, 2.45) is 10.8 Å². The van der Waals surface area contributed by atoms with Gasteiger partial charge in [-0.05, 0) is 0 Å². The summed E-state index contributed by atoms with van der Waals surface area (Å²) in [5.74, 6) is -4.79. The quantitative estimate of drug-likeness (QED) is 0.477. The van der Waals surface area contributed by atoms with Crippen molar-refractivity contribution in [1.29, 1.82) is 0 Å². The van der Waals surface area contributed by atoms with E-state index in [1.807, 2.05) is 0 Å². The van der Waals surface area contributed by atoms with E-state index in [-0.39, 0.29) is 5.75 Å². The molecule has 92 valence electrons. The van der Waals surface area contributed by atoms with Crippen molar-refractivity contribution < 1.29 is 22.7 Å². The van der Waals surface area contributed by atoms with Gasteiger partial charge in [-0.15, -0.1) is 0 Å². The van der Waals surface area contributed by atoms with E-state index in [4.69, 9.17) is 5.73 Å². The molecule has 0 unspecified atom stereocenters. The Balaban J connectivity index is 3.17. The first-order valence-electron chi connectivity index (χ1n) is 4.27. The van der Waals surface area contributed by atoms with Gasteiger partial charge < -0.3 is 10.5 Å². The normalized spacial score (nSPS) is 10.6. The van der Waals surface area contributed by atoms with Gasteiger partial charge in [-0.25, -0.2) is 23.4 Å². The van der Waals surface area contributed by atoms with Crippen molar-refractivity contribution >= 4 is 12.2 Å². The van der Waals surface area contributed by atoms with Crippen LogP contribution in [0.2, 0.25) is 0 Å². The van der Waals surface area contributed by atoms with E-state index >= 15 is 0 Å². The van der Waals surface area contributed by atoms with Crippen LogP contribution in [0.3, 0.4) is 0 Å². The van der Waals surface area contributed by atoms with E-state index in [0.29, 0.717) is 6.07 Å². The molecule has 0 saturated heterocycles. The fourth-order valence-electron chi connectivity index (χ4n) is 1.04. The molecule has 3 N–H and O–H groups in total. The summed E-state index contributed by atoms with van der Waals surface area (Å²) in [4.78, 5) is 10.3. The molecule has 0 fully saturated rings. The van der Waals surface area contributed by atoms with E-state index in [0.717, 1.165) is 13.3 Å². The number of nitrogens with zero attached hydrogens (tertiary/aromatic N) is 1. The summed E-state index contributed by atoms with van der Waals surface area (Å²) in [6, 6.07) is -0.326. The van der Waals surface area contributed by atoms with Crippen LogP contribution in [0.15, 0.2) is 11.2 Å². The topological polar surface area (TPSA) is 76.7 Å². The Labute approximate surface area is 94.1 Å². The van der Waals surface area contributed by atoms with Gasteiger partial charge in [0, 0.05) is 6.07 Å². The number of halogens is 3. The number of primary amides is 1. The van der Waals surface area contributed by atoms with E-state index in [9.17, 15) is 18.0 Å². The van der Waals surface area contributed by atoms with Gasteiger partial charge in [0.05, 0.1) is 18.9 Å². The summed E-state index contributed by atoms with van der Waals surface area (Å²) in [6.45, 7) is 0. The number of amides is 2. The molecule has 0 saturated carbocycles. The Morgan fingerprint density at radius 3 is 2.65 bits per heavy atom. The summed E-state index contributed by atoms with van der Waals surface area (Å²) in [7, 11) is 1.14. The number of nitrogens with one attached hydrogen (secondary N) is 1. The molecule has 0 aliphatic carbocycles. The largest absolute Gasteiger partial charge is 0.496 e. The highest BCUT2D eigenvalue weighted by Gasteiger charge is 2.18. The summed E-state index contributed by atoms with van der Waals surface area (Å²) < 4.78 is 43.7. The second-order valence-corrected chi connectivity index (χ2v) is 2.84. The Kier molecular flexibility index (Phi) is 3.91. The lowest BCUT2D eigenvalue weighted by Gasteiger charge is -2.06.